The van der Waals surface area contributed by atoms with E-state index in [0.717, 1.165) is 50.0 Å². The van der Waals surface area contributed by atoms with Gasteiger partial charge >= 0.3 is 5.97 Å². The van der Waals surface area contributed by atoms with Crippen molar-refractivity contribution in [1.29, 1.82) is 5.26 Å². The van der Waals surface area contributed by atoms with Crippen molar-refractivity contribution in [3.8, 4) is 29.0 Å². The summed E-state index contributed by atoms with van der Waals surface area (Å²) in [5.41, 5.74) is 1.36. The van der Waals surface area contributed by atoms with Crippen LogP contribution in [0.15, 0.2) is 36.4 Å². The summed E-state index contributed by atoms with van der Waals surface area (Å²) in [5, 5.41) is 18.2. The van der Waals surface area contributed by atoms with Gasteiger partial charge < -0.3 is 9.47 Å². The largest absolute Gasteiger partial charge is 0.494 e. The van der Waals surface area contributed by atoms with Crippen LogP contribution in [0.2, 0.25) is 0 Å². The molecule has 2 aromatic rings. The van der Waals surface area contributed by atoms with Crippen molar-refractivity contribution in [2.75, 3.05) is 6.61 Å². The van der Waals surface area contributed by atoms with Crippen molar-refractivity contribution in [3.63, 3.8) is 0 Å². The molecule has 0 amide bonds. The van der Waals surface area contributed by atoms with E-state index in [-0.39, 0.29) is 23.2 Å². The third-order valence-corrected chi connectivity index (χ3v) is 7.28. The van der Waals surface area contributed by atoms with Crippen molar-refractivity contribution in [3.05, 3.63) is 36.4 Å². The molecule has 0 saturated heterocycles. The lowest BCUT2D eigenvalue weighted by Gasteiger charge is -2.34. The van der Waals surface area contributed by atoms with Crippen molar-refractivity contribution < 1.29 is 14.3 Å². The van der Waals surface area contributed by atoms with Gasteiger partial charge in [0.25, 0.3) is 0 Å². The molecule has 1 aromatic carbocycles. The average Bonchev–Trinajstić information content (AvgIpc) is 2.92. The highest BCUT2D eigenvalue weighted by Crippen LogP contribution is 2.42. The van der Waals surface area contributed by atoms with Gasteiger partial charge in [-0.25, -0.2) is 0 Å². The molecule has 0 spiro atoms. The summed E-state index contributed by atoms with van der Waals surface area (Å²) >= 11 is 0. The lowest BCUT2D eigenvalue weighted by molar-refractivity contribution is -0.140. The van der Waals surface area contributed by atoms with Crippen LogP contribution in [0.4, 0.5) is 0 Å². The SMILES string of the molecule is CCCCCCCC1(C#N)CCC(C(=O)Oc2ccc(-c3ccc(OCCCCC)cc3)nn2)CC1. The Kier molecular flexibility index (Phi) is 11.2. The number of unbranched alkanes of at least 4 members (excludes halogenated alkanes) is 6. The molecule has 0 unspecified atom stereocenters. The summed E-state index contributed by atoms with van der Waals surface area (Å²) in [4.78, 5) is 12.7. The van der Waals surface area contributed by atoms with Gasteiger partial charge in [-0.05, 0) is 68.9 Å². The van der Waals surface area contributed by atoms with Gasteiger partial charge in [-0.3, -0.25) is 4.79 Å². The summed E-state index contributed by atoms with van der Waals surface area (Å²) in [6, 6.07) is 13.9. The number of aromatic nitrogens is 2. The number of hydrogen-bond acceptors (Lipinski definition) is 6. The maximum absolute atomic E-state index is 12.7. The second kappa shape index (κ2) is 14.6. The molecular formula is C30H41N3O3. The monoisotopic (exact) mass is 491 g/mol. The number of esters is 1. The van der Waals surface area contributed by atoms with Crippen molar-refractivity contribution in [1.82, 2.24) is 10.2 Å². The Hall–Kier alpha value is -2.94. The molecule has 0 radical (unpaired) electrons. The molecular weight excluding hydrogens is 450 g/mol. The standard InChI is InChI=1S/C30H41N3O3/c1-3-5-7-8-9-19-30(23-31)20-17-25(18-21-30)29(34)36-28-16-15-27(32-33-28)24-11-13-26(14-12-24)35-22-10-6-4-2/h11-16,25H,3-10,17-22H2,1-2H3. The first kappa shape index (κ1) is 27.6. The van der Waals surface area contributed by atoms with E-state index in [4.69, 9.17) is 9.47 Å². The first-order chi connectivity index (χ1) is 17.6. The first-order valence-corrected chi connectivity index (χ1v) is 13.8. The van der Waals surface area contributed by atoms with Gasteiger partial charge in [0.2, 0.25) is 5.88 Å². The predicted molar refractivity (Wildman–Crippen MR) is 142 cm³/mol. The van der Waals surface area contributed by atoms with Gasteiger partial charge in [0, 0.05) is 11.6 Å². The fourth-order valence-electron chi connectivity index (χ4n) is 4.87. The number of carbonyl (C=O) groups excluding carboxylic acids is 1. The Bertz CT molecular complexity index is 958. The number of nitrogens with zero attached hydrogens (tertiary/aromatic N) is 3. The highest BCUT2D eigenvalue weighted by molar-refractivity contribution is 5.75. The Balaban J connectivity index is 1.45. The normalized spacial score (nSPS) is 19.4. The van der Waals surface area contributed by atoms with Gasteiger partial charge in [-0.1, -0.05) is 58.8 Å². The highest BCUT2D eigenvalue weighted by Gasteiger charge is 2.38. The van der Waals surface area contributed by atoms with E-state index in [0.29, 0.717) is 18.5 Å². The topological polar surface area (TPSA) is 85.1 Å². The Labute approximate surface area is 216 Å². The van der Waals surface area contributed by atoms with Crippen LogP contribution in [-0.2, 0) is 4.79 Å². The third-order valence-electron chi connectivity index (χ3n) is 7.28. The Morgan fingerprint density at radius 1 is 0.944 bits per heavy atom. The number of hydrogen-bond donors (Lipinski definition) is 0. The first-order valence-electron chi connectivity index (χ1n) is 13.8. The zero-order valence-electron chi connectivity index (χ0n) is 22.0. The van der Waals surface area contributed by atoms with Gasteiger partial charge in [-0.2, -0.15) is 5.26 Å². The zero-order valence-corrected chi connectivity index (χ0v) is 22.0. The number of carbonyl (C=O) groups is 1. The zero-order chi connectivity index (χ0) is 25.6. The van der Waals surface area contributed by atoms with Crippen LogP contribution in [0.1, 0.15) is 97.3 Å². The van der Waals surface area contributed by atoms with Crippen LogP contribution in [0, 0.1) is 22.7 Å². The fraction of sp³-hybridized carbons (Fsp3) is 0.600. The maximum atomic E-state index is 12.7. The lowest BCUT2D eigenvalue weighted by atomic mass is 9.69. The summed E-state index contributed by atoms with van der Waals surface area (Å²) < 4.78 is 11.3. The number of benzene rings is 1. The molecule has 1 aliphatic rings. The third kappa shape index (κ3) is 8.33. The molecule has 1 fully saturated rings. The van der Waals surface area contributed by atoms with E-state index in [1.165, 1.54) is 38.5 Å². The molecule has 1 aliphatic carbocycles. The molecule has 1 heterocycles. The summed E-state index contributed by atoms with van der Waals surface area (Å²) in [7, 11) is 0. The highest BCUT2D eigenvalue weighted by atomic mass is 16.5. The van der Waals surface area contributed by atoms with Crippen molar-refractivity contribution >= 4 is 5.97 Å². The molecule has 36 heavy (non-hydrogen) atoms. The van der Waals surface area contributed by atoms with Crippen molar-refractivity contribution in [2.24, 2.45) is 11.3 Å². The second-order valence-corrected chi connectivity index (χ2v) is 10.1. The molecule has 0 atom stereocenters. The van der Waals surface area contributed by atoms with E-state index in [9.17, 15) is 10.1 Å². The molecule has 194 valence electrons. The molecule has 6 heteroatoms. The lowest BCUT2D eigenvalue weighted by Crippen LogP contribution is -2.31. The minimum Gasteiger partial charge on any atom is -0.494 e. The molecule has 0 N–H and O–H groups in total. The summed E-state index contributed by atoms with van der Waals surface area (Å²) in [5.74, 6) is 0.611. The van der Waals surface area contributed by atoms with Gasteiger partial charge in [0.15, 0.2) is 0 Å². The second-order valence-electron chi connectivity index (χ2n) is 10.1. The van der Waals surface area contributed by atoms with E-state index in [1.54, 1.807) is 6.07 Å². The molecule has 0 aliphatic heterocycles. The van der Waals surface area contributed by atoms with Crippen LogP contribution in [0.5, 0.6) is 11.6 Å². The van der Waals surface area contributed by atoms with Crippen LogP contribution in [0.3, 0.4) is 0 Å². The smallest absolute Gasteiger partial charge is 0.315 e. The molecule has 6 nitrogen and oxygen atoms in total. The Morgan fingerprint density at radius 2 is 1.64 bits per heavy atom. The summed E-state index contributed by atoms with van der Waals surface area (Å²) in [6.07, 6.45) is 13.3. The predicted octanol–water partition coefficient (Wildman–Crippen LogP) is 7.68. The van der Waals surface area contributed by atoms with E-state index in [2.05, 4.69) is 30.1 Å². The van der Waals surface area contributed by atoms with E-state index in [1.807, 2.05) is 30.3 Å². The molecule has 1 saturated carbocycles. The van der Waals surface area contributed by atoms with Gasteiger partial charge in [0.1, 0.15) is 5.75 Å². The quantitative estimate of drug-likeness (QED) is 0.199. The molecule has 0 bridgehead atoms. The van der Waals surface area contributed by atoms with E-state index < -0.39 is 0 Å². The minimum absolute atomic E-state index is 0.182. The van der Waals surface area contributed by atoms with E-state index >= 15 is 0 Å². The average molecular weight is 492 g/mol. The van der Waals surface area contributed by atoms with Gasteiger partial charge in [-0.15, -0.1) is 10.2 Å². The minimum atomic E-state index is -0.277. The maximum Gasteiger partial charge on any atom is 0.315 e. The van der Waals surface area contributed by atoms with Crippen LogP contribution in [0.25, 0.3) is 11.3 Å². The van der Waals surface area contributed by atoms with Crippen LogP contribution < -0.4 is 9.47 Å². The van der Waals surface area contributed by atoms with Crippen molar-refractivity contribution in [2.45, 2.75) is 97.3 Å². The number of rotatable bonds is 14. The number of ether oxygens (including phenoxy) is 2. The molecule has 3 rings (SSSR count). The Morgan fingerprint density at radius 3 is 2.28 bits per heavy atom. The number of nitriles is 1. The van der Waals surface area contributed by atoms with Crippen LogP contribution >= 0.6 is 0 Å². The fourth-order valence-corrected chi connectivity index (χ4v) is 4.87. The summed E-state index contributed by atoms with van der Waals surface area (Å²) in [6.45, 7) is 5.11. The van der Waals surface area contributed by atoms with Gasteiger partial charge in [0.05, 0.1) is 29.7 Å². The van der Waals surface area contributed by atoms with Crippen LogP contribution in [-0.4, -0.2) is 22.8 Å². The molecule has 1 aromatic heterocycles.